The lowest BCUT2D eigenvalue weighted by molar-refractivity contribution is -0.137. The summed E-state index contributed by atoms with van der Waals surface area (Å²) >= 11 is 0. The van der Waals surface area contributed by atoms with Gasteiger partial charge in [-0.05, 0) is 49.8 Å². The topological polar surface area (TPSA) is 54.9 Å². The summed E-state index contributed by atoms with van der Waals surface area (Å²) in [6, 6.07) is 5.25. The average Bonchev–Trinajstić information content (AvgIpc) is 2.69. The fourth-order valence-corrected chi connectivity index (χ4v) is 2.90. The minimum Gasteiger partial charge on any atom is -0.381 e. The number of hydrogen-bond donors (Lipinski definition) is 2. The van der Waals surface area contributed by atoms with Crippen molar-refractivity contribution in [2.24, 2.45) is 10.9 Å². The summed E-state index contributed by atoms with van der Waals surface area (Å²) in [5.41, 5.74) is -0.133. The van der Waals surface area contributed by atoms with Crippen LogP contribution in [-0.4, -0.2) is 45.5 Å². The largest absolute Gasteiger partial charge is 0.416 e. The highest BCUT2D eigenvalue weighted by molar-refractivity contribution is 14.0. The van der Waals surface area contributed by atoms with Crippen molar-refractivity contribution < 1.29 is 22.6 Å². The molecule has 29 heavy (non-hydrogen) atoms. The maximum Gasteiger partial charge on any atom is 0.416 e. The summed E-state index contributed by atoms with van der Waals surface area (Å²) in [7, 11) is 0. The summed E-state index contributed by atoms with van der Waals surface area (Å²) in [5.74, 6) is 1.18. The van der Waals surface area contributed by atoms with Gasteiger partial charge in [0.05, 0.1) is 12.1 Å². The Morgan fingerprint density at radius 3 is 2.69 bits per heavy atom. The average molecular weight is 529 g/mol. The zero-order valence-electron chi connectivity index (χ0n) is 16.8. The normalized spacial score (nSPS) is 15.7. The maximum atomic E-state index is 12.8. The number of nitrogens with one attached hydrogen (secondary N) is 2. The van der Waals surface area contributed by atoms with E-state index in [9.17, 15) is 13.2 Å². The molecule has 1 aromatic rings. The number of alkyl halides is 3. The van der Waals surface area contributed by atoms with Crippen LogP contribution in [0.4, 0.5) is 13.2 Å². The number of rotatable bonds is 9. The van der Waals surface area contributed by atoms with Gasteiger partial charge >= 0.3 is 6.18 Å². The lowest BCUT2D eigenvalue weighted by Gasteiger charge is -2.21. The fraction of sp³-hybridized carbons (Fsp3) is 0.650. The second kappa shape index (κ2) is 14.0. The summed E-state index contributed by atoms with van der Waals surface area (Å²) in [6.07, 6.45) is -1.39. The molecule has 0 spiro atoms. The fourth-order valence-electron chi connectivity index (χ4n) is 2.90. The van der Waals surface area contributed by atoms with Crippen LogP contribution in [0.25, 0.3) is 0 Å². The van der Waals surface area contributed by atoms with Gasteiger partial charge in [-0.1, -0.05) is 12.1 Å². The Balaban J connectivity index is 0.00000420. The molecule has 1 aromatic carbocycles. The molecule has 2 N–H and O–H groups in total. The first kappa shape index (κ1) is 26.0. The summed E-state index contributed by atoms with van der Waals surface area (Å²) in [4.78, 5) is 4.37. The highest BCUT2D eigenvalue weighted by atomic mass is 127. The minimum atomic E-state index is -4.34. The van der Waals surface area contributed by atoms with Gasteiger partial charge in [-0.15, -0.1) is 24.0 Å². The van der Waals surface area contributed by atoms with Crippen molar-refractivity contribution in [2.75, 3.05) is 39.5 Å². The van der Waals surface area contributed by atoms with Crippen LogP contribution in [0.5, 0.6) is 0 Å². The van der Waals surface area contributed by atoms with E-state index in [-0.39, 0.29) is 30.5 Å². The van der Waals surface area contributed by atoms with Crippen molar-refractivity contribution >= 4 is 29.9 Å². The first-order valence-electron chi connectivity index (χ1n) is 9.83. The van der Waals surface area contributed by atoms with Crippen LogP contribution in [0.1, 0.15) is 37.3 Å². The Hall–Kier alpha value is -1.07. The number of nitrogens with zero attached hydrogens (tertiary/aromatic N) is 1. The van der Waals surface area contributed by atoms with E-state index in [0.717, 1.165) is 51.2 Å². The highest BCUT2D eigenvalue weighted by Crippen LogP contribution is 2.29. The molecule has 0 aromatic heterocycles. The van der Waals surface area contributed by atoms with Gasteiger partial charge in [-0.3, -0.25) is 0 Å². The van der Waals surface area contributed by atoms with E-state index in [1.54, 1.807) is 6.07 Å². The molecule has 0 radical (unpaired) electrons. The zero-order valence-corrected chi connectivity index (χ0v) is 19.1. The quantitative estimate of drug-likeness (QED) is 0.218. The first-order valence-corrected chi connectivity index (χ1v) is 9.83. The second-order valence-corrected chi connectivity index (χ2v) is 6.80. The minimum absolute atomic E-state index is 0. The number of aliphatic imine (C=N–C) groups is 1. The van der Waals surface area contributed by atoms with Crippen LogP contribution in [0.2, 0.25) is 0 Å². The molecule has 0 bridgehead atoms. The van der Waals surface area contributed by atoms with Gasteiger partial charge in [-0.25, -0.2) is 4.99 Å². The molecule has 9 heteroatoms. The van der Waals surface area contributed by atoms with Crippen LogP contribution in [0.15, 0.2) is 29.3 Å². The number of ether oxygens (including phenoxy) is 2. The Bertz CT molecular complexity index is 609. The van der Waals surface area contributed by atoms with Gasteiger partial charge in [-0.2, -0.15) is 13.2 Å². The van der Waals surface area contributed by atoms with Crippen LogP contribution in [-0.2, 0) is 22.2 Å². The third-order valence-electron chi connectivity index (χ3n) is 4.47. The molecular weight excluding hydrogens is 498 g/mol. The van der Waals surface area contributed by atoms with Gasteiger partial charge in [0.1, 0.15) is 0 Å². The smallest absolute Gasteiger partial charge is 0.381 e. The van der Waals surface area contributed by atoms with Crippen molar-refractivity contribution in [1.29, 1.82) is 0 Å². The van der Waals surface area contributed by atoms with Crippen LogP contribution < -0.4 is 10.6 Å². The Morgan fingerprint density at radius 2 is 2.00 bits per heavy atom. The number of benzene rings is 1. The molecular formula is C20H31F3IN3O2. The highest BCUT2D eigenvalue weighted by Gasteiger charge is 2.30. The molecule has 0 amide bonds. The van der Waals surface area contributed by atoms with E-state index in [2.05, 4.69) is 15.6 Å². The lowest BCUT2D eigenvalue weighted by Crippen LogP contribution is -2.38. The molecule has 166 valence electrons. The third-order valence-corrected chi connectivity index (χ3v) is 4.47. The third kappa shape index (κ3) is 10.5. The predicted molar refractivity (Wildman–Crippen MR) is 119 cm³/mol. The summed E-state index contributed by atoms with van der Waals surface area (Å²) in [6.45, 7) is 6.56. The maximum absolute atomic E-state index is 12.8. The van der Waals surface area contributed by atoms with E-state index >= 15 is 0 Å². The molecule has 1 fully saturated rings. The van der Waals surface area contributed by atoms with E-state index in [4.69, 9.17) is 9.47 Å². The van der Waals surface area contributed by atoms with E-state index in [0.29, 0.717) is 37.1 Å². The van der Waals surface area contributed by atoms with Gasteiger partial charge in [0.25, 0.3) is 0 Å². The van der Waals surface area contributed by atoms with E-state index < -0.39 is 11.7 Å². The Morgan fingerprint density at radius 1 is 1.24 bits per heavy atom. The van der Waals surface area contributed by atoms with Crippen LogP contribution in [0, 0.1) is 5.92 Å². The summed E-state index contributed by atoms with van der Waals surface area (Å²) < 4.78 is 49.4. The molecule has 1 heterocycles. The van der Waals surface area contributed by atoms with Gasteiger partial charge in [0.2, 0.25) is 0 Å². The number of guanidine groups is 1. The molecule has 0 saturated carbocycles. The number of hydrogen-bond acceptors (Lipinski definition) is 3. The van der Waals surface area contributed by atoms with Gasteiger partial charge < -0.3 is 20.1 Å². The zero-order chi connectivity index (χ0) is 20.2. The van der Waals surface area contributed by atoms with Crippen molar-refractivity contribution in [1.82, 2.24) is 10.6 Å². The molecule has 1 saturated heterocycles. The van der Waals surface area contributed by atoms with Crippen LogP contribution in [0.3, 0.4) is 0 Å². The van der Waals surface area contributed by atoms with Crippen molar-refractivity contribution in [3.8, 4) is 0 Å². The van der Waals surface area contributed by atoms with Crippen molar-refractivity contribution in [3.63, 3.8) is 0 Å². The standard InChI is InChI=1S/C20H30F3N3O2.HI/c1-2-24-19(25-9-4-10-28-15-16-7-11-27-12-8-16)26-14-17-5-3-6-18(13-17)20(21,22)23;/h3,5-6,13,16H,2,4,7-12,14-15H2,1H3,(H2,24,25,26);1H. The number of halogens is 4. The monoisotopic (exact) mass is 529 g/mol. The van der Waals surface area contributed by atoms with Crippen molar-refractivity contribution in [2.45, 2.75) is 38.9 Å². The van der Waals surface area contributed by atoms with Crippen LogP contribution >= 0.6 is 24.0 Å². The van der Waals surface area contributed by atoms with Crippen molar-refractivity contribution in [3.05, 3.63) is 35.4 Å². The molecule has 1 aliphatic rings. The molecule has 0 atom stereocenters. The lowest BCUT2D eigenvalue weighted by atomic mass is 10.0. The second-order valence-electron chi connectivity index (χ2n) is 6.80. The Labute approximate surface area is 187 Å². The molecule has 2 rings (SSSR count). The first-order chi connectivity index (χ1) is 13.5. The van der Waals surface area contributed by atoms with Gasteiger partial charge in [0.15, 0.2) is 5.96 Å². The molecule has 5 nitrogen and oxygen atoms in total. The predicted octanol–water partition coefficient (Wildman–Crippen LogP) is 4.21. The molecule has 0 unspecified atom stereocenters. The van der Waals surface area contributed by atoms with E-state index in [1.807, 2.05) is 6.92 Å². The molecule has 1 aliphatic heterocycles. The summed E-state index contributed by atoms with van der Waals surface area (Å²) in [5, 5.41) is 6.29. The molecule has 0 aliphatic carbocycles. The van der Waals surface area contributed by atoms with Gasteiger partial charge in [0, 0.05) is 39.5 Å². The Kier molecular flexibility index (Phi) is 12.6. The SMILES string of the molecule is CCNC(=NCc1cccc(C(F)(F)F)c1)NCCCOCC1CCOCC1.I. The van der Waals surface area contributed by atoms with E-state index in [1.165, 1.54) is 6.07 Å².